The Morgan fingerprint density at radius 2 is 2.43 bits per heavy atom. The number of likely N-dealkylation sites (N-methyl/N-ethyl adjacent to an activating group) is 1. The average molecular weight is 168 g/mol. The molecule has 0 aliphatic carbocycles. The second-order valence-corrected chi connectivity index (χ2v) is 1.51. The second-order valence-electron chi connectivity index (χ2n) is 1.51. The van der Waals surface area contributed by atoms with Crippen molar-refractivity contribution >= 4 is 17.0 Å². The van der Waals surface area contributed by atoms with Crippen molar-refractivity contribution in [2.75, 3.05) is 20.2 Å². The maximum absolute atomic E-state index is 4.89. The zero-order valence-corrected chi connectivity index (χ0v) is 6.02. The van der Waals surface area contributed by atoms with E-state index >= 15 is 0 Å². The average Bonchev–Trinajstić information content (AvgIpc) is 2.21. The molecule has 1 rings (SSSR count). The largest absolute Gasteiger partial charge is 0.372 e. The molecule has 0 saturated carbocycles. The van der Waals surface area contributed by atoms with Crippen LogP contribution < -0.4 is 5.32 Å². The lowest BCUT2D eigenvalue weighted by molar-refractivity contribution is 0.402. The second kappa shape index (κ2) is 3.41. The van der Waals surface area contributed by atoms with Crippen molar-refractivity contribution in [2.24, 2.45) is 0 Å². The van der Waals surface area contributed by atoms with Crippen LogP contribution >= 0.6 is 17.0 Å². The van der Waals surface area contributed by atoms with E-state index in [9.17, 15) is 0 Å². The van der Waals surface area contributed by atoms with Gasteiger partial charge in [0.15, 0.2) is 0 Å². The van der Waals surface area contributed by atoms with Gasteiger partial charge in [0, 0.05) is 6.54 Å². The highest BCUT2D eigenvalue weighted by Gasteiger charge is 2.20. The molecule has 1 unspecified atom stereocenters. The first-order chi connectivity index (χ1) is 2.93. The molecule has 1 aliphatic rings. The Balaban J connectivity index is 0.000000360. The van der Waals surface area contributed by atoms with E-state index in [1.165, 1.54) is 0 Å². The Hall–Kier alpha value is 0.400. The lowest BCUT2D eigenvalue weighted by Crippen LogP contribution is -2.12. The number of rotatable bonds is 2. The molecule has 1 heterocycles. The number of ether oxygens (including phenoxy) is 1. The highest BCUT2D eigenvalue weighted by Crippen LogP contribution is 2.05. The van der Waals surface area contributed by atoms with Gasteiger partial charge in [-0.15, -0.1) is 17.0 Å². The topological polar surface area (TPSA) is 24.6 Å². The third-order valence-electron chi connectivity index (χ3n) is 0.834. The summed E-state index contributed by atoms with van der Waals surface area (Å²) in [4.78, 5) is 0. The summed E-state index contributed by atoms with van der Waals surface area (Å²) in [5, 5.41) is 3.00. The van der Waals surface area contributed by atoms with Crippen LogP contribution in [0.5, 0.6) is 0 Å². The Morgan fingerprint density at radius 3 is 2.57 bits per heavy atom. The molecule has 0 aromatic carbocycles. The molecule has 1 saturated heterocycles. The summed E-state index contributed by atoms with van der Waals surface area (Å²) < 4.78 is 4.89. The molecule has 0 bridgehead atoms. The predicted molar refractivity (Wildman–Crippen MR) is 34.0 cm³/mol. The first-order valence-electron chi connectivity index (χ1n) is 2.19. The minimum atomic E-state index is 0. The minimum absolute atomic E-state index is 0. The molecule has 1 fully saturated rings. The number of epoxide rings is 1. The van der Waals surface area contributed by atoms with Gasteiger partial charge < -0.3 is 10.1 Å². The van der Waals surface area contributed by atoms with E-state index in [0.29, 0.717) is 6.10 Å². The van der Waals surface area contributed by atoms with Gasteiger partial charge >= 0.3 is 0 Å². The zero-order valence-electron chi connectivity index (χ0n) is 4.31. The Labute approximate surface area is 54.0 Å². The molecule has 44 valence electrons. The van der Waals surface area contributed by atoms with Crippen molar-refractivity contribution in [1.82, 2.24) is 5.32 Å². The van der Waals surface area contributed by atoms with Crippen LogP contribution in [0.3, 0.4) is 0 Å². The molecule has 0 radical (unpaired) electrons. The Bertz CT molecular complexity index is 47.0. The summed E-state index contributed by atoms with van der Waals surface area (Å²) in [5.74, 6) is 0. The third-order valence-corrected chi connectivity index (χ3v) is 0.834. The molecule has 2 nitrogen and oxygen atoms in total. The number of halogens is 1. The van der Waals surface area contributed by atoms with Gasteiger partial charge in [-0.25, -0.2) is 0 Å². The lowest BCUT2D eigenvalue weighted by atomic mass is 10.5. The molecule has 3 heteroatoms. The van der Waals surface area contributed by atoms with Crippen molar-refractivity contribution in [3.8, 4) is 0 Å². The van der Waals surface area contributed by atoms with Crippen molar-refractivity contribution in [1.29, 1.82) is 0 Å². The summed E-state index contributed by atoms with van der Waals surface area (Å²) in [6.07, 6.45) is 0.537. The molecule has 1 atom stereocenters. The van der Waals surface area contributed by atoms with E-state index in [1.54, 1.807) is 0 Å². The normalized spacial score (nSPS) is 26.1. The van der Waals surface area contributed by atoms with Gasteiger partial charge in [-0.3, -0.25) is 0 Å². The van der Waals surface area contributed by atoms with Crippen LogP contribution in [0, 0.1) is 0 Å². The molecule has 0 aromatic heterocycles. The van der Waals surface area contributed by atoms with Crippen molar-refractivity contribution in [2.45, 2.75) is 6.10 Å². The van der Waals surface area contributed by atoms with Crippen molar-refractivity contribution in [3.05, 3.63) is 0 Å². The van der Waals surface area contributed by atoms with Gasteiger partial charge in [0.1, 0.15) is 0 Å². The molecule has 1 aliphatic heterocycles. The highest BCUT2D eigenvalue weighted by molar-refractivity contribution is 8.93. The fourth-order valence-corrected chi connectivity index (χ4v) is 0.414. The lowest BCUT2D eigenvalue weighted by Gasteiger charge is -1.84. The third kappa shape index (κ3) is 3.02. The number of nitrogens with one attached hydrogen (secondary N) is 1. The van der Waals surface area contributed by atoms with E-state index in [-0.39, 0.29) is 17.0 Å². The van der Waals surface area contributed by atoms with Gasteiger partial charge in [0.05, 0.1) is 12.7 Å². The maximum Gasteiger partial charge on any atom is 0.0933 e. The molecule has 1 N–H and O–H groups in total. The van der Waals surface area contributed by atoms with Crippen LogP contribution in [0.2, 0.25) is 0 Å². The van der Waals surface area contributed by atoms with E-state index in [2.05, 4.69) is 5.32 Å². The number of hydrogen-bond donors (Lipinski definition) is 1. The fourth-order valence-electron chi connectivity index (χ4n) is 0.414. The summed E-state index contributed by atoms with van der Waals surface area (Å²) >= 11 is 0. The van der Waals surface area contributed by atoms with E-state index in [0.717, 1.165) is 13.2 Å². The summed E-state index contributed by atoms with van der Waals surface area (Å²) in [7, 11) is 1.93. The summed E-state index contributed by atoms with van der Waals surface area (Å²) in [5.41, 5.74) is 0. The summed E-state index contributed by atoms with van der Waals surface area (Å²) in [6, 6.07) is 0. The Kier molecular flexibility index (Phi) is 3.60. The van der Waals surface area contributed by atoms with Crippen LogP contribution in [-0.4, -0.2) is 26.3 Å². The van der Waals surface area contributed by atoms with Crippen molar-refractivity contribution < 1.29 is 4.74 Å². The van der Waals surface area contributed by atoms with Crippen LogP contribution in [0.4, 0.5) is 0 Å². The molecular formula is C4H10BrNO. The zero-order chi connectivity index (χ0) is 4.41. The highest BCUT2D eigenvalue weighted by atomic mass is 79.9. The van der Waals surface area contributed by atoms with E-state index < -0.39 is 0 Å². The van der Waals surface area contributed by atoms with Crippen LogP contribution in [0.15, 0.2) is 0 Å². The summed E-state index contributed by atoms with van der Waals surface area (Å²) in [6.45, 7) is 1.97. The maximum atomic E-state index is 4.89. The molecule has 7 heavy (non-hydrogen) atoms. The Morgan fingerprint density at radius 1 is 1.86 bits per heavy atom. The SMILES string of the molecule is Br.CNCC1CO1. The van der Waals surface area contributed by atoms with Gasteiger partial charge in [-0.1, -0.05) is 0 Å². The first-order valence-corrected chi connectivity index (χ1v) is 2.19. The molecule has 0 aromatic rings. The quantitative estimate of drug-likeness (QED) is 0.595. The molecule has 0 amide bonds. The fraction of sp³-hybridized carbons (Fsp3) is 1.00. The molecule has 0 spiro atoms. The minimum Gasteiger partial charge on any atom is -0.372 e. The first kappa shape index (κ1) is 7.40. The van der Waals surface area contributed by atoms with Crippen molar-refractivity contribution in [3.63, 3.8) is 0 Å². The van der Waals surface area contributed by atoms with E-state index in [1.807, 2.05) is 7.05 Å². The van der Waals surface area contributed by atoms with Crippen LogP contribution in [0.25, 0.3) is 0 Å². The molecular weight excluding hydrogens is 158 g/mol. The standard InChI is InChI=1S/C4H9NO.BrH/c1-5-2-4-3-6-4;/h4-5H,2-3H2,1H3;1H. The van der Waals surface area contributed by atoms with Gasteiger partial charge in [-0.2, -0.15) is 0 Å². The van der Waals surface area contributed by atoms with Gasteiger partial charge in [0.25, 0.3) is 0 Å². The van der Waals surface area contributed by atoms with Gasteiger partial charge in [0.2, 0.25) is 0 Å². The van der Waals surface area contributed by atoms with Crippen LogP contribution in [-0.2, 0) is 4.74 Å². The van der Waals surface area contributed by atoms with Gasteiger partial charge in [-0.05, 0) is 7.05 Å². The van der Waals surface area contributed by atoms with Crippen LogP contribution in [0.1, 0.15) is 0 Å². The monoisotopic (exact) mass is 167 g/mol. The number of hydrogen-bond acceptors (Lipinski definition) is 2. The van der Waals surface area contributed by atoms with E-state index in [4.69, 9.17) is 4.74 Å². The predicted octanol–water partition coefficient (Wildman–Crippen LogP) is 0.182. The smallest absolute Gasteiger partial charge is 0.0933 e.